The highest BCUT2D eigenvalue weighted by atomic mass is 31.2. The summed E-state index contributed by atoms with van der Waals surface area (Å²) in [5.41, 5.74) is 3.42. The van der Waals surface area contributed by atoms with E-state index in [1.807, 2.05) is 0 Å². The van der Waals surface area contributed by atoms with E-state index in [4.69, 9.17) is 0 Å². The molecule has 0 bridgehead atoms. The van der Waals surface area contributed by atoms with E-state index in [0.717, 1.165) is 0 Å². The Morgan fingerprint density at radius 2 is 0.690 bits per heavy atom. The van der Waals surface area contributed by atoms with Crippen LogP contribution in [0, 0.1) is 0 Å². The molecule has 0 spiro atoms. The quantitative estimate of drug-likeness (QED) is 0.276. The molecule has 0 aliphatic heterocycles. The molecule has 0 aromatic heterocycles. The van der Waals surface area contributed by atoms with Crippen LogP contribution in [-0.2, 0) is 0 Å². The predicted molar refractivity (Wildman–Crippen MR) is 131 cm³/mol. The summed E-state index contributed by atoms with van der Waals surface area (Å²) in [6, 6.07) is 43.2. The van der Waals surface area contributed by atoms with Gasteiger partial charge in [0.25, 0.3) is 0 Å². The minimum absolute atomic E-state index is 0.729. The minimum atomic E-state index is -0.729. The molecule has 0 saturated heterocycles. The van der Waals surface area contributed by atoms with Crippen LogP contribution < -0.4 is 21.2 Å². The van der Waals surface area contributed by atoms with Crippen LogP contribution in [0.4, 0.5) is 0 Å². The van der Waals surface area contributed by atoms with Crippen molar-refractivity contribution >= 4 is 37.1 Å². The first-order chi connectivity index (χ1) is 14.4. The predicted octanol–water partition coefficient (Wildman–Crippen LogP) is 5.88. The molecule has 4 aromatic rings. The molecule has 4 aromatic carbocycles. The zero-order valence-corrected chi connectivity index (χ0v) is 17.9. The van der Waals surface area contributed by atoms with Gasteiger partial charge in [0.1, 0.15) is 0 Å². The largest absolute Gasteiger partial charge is 0.118 e. The Morgan fingerprint density at radius 1 is 0.448 bits per heavy atom. The number of hydrogen-bond donors (Lipinski definition) is 0. The SMILES string of the molecule is C=C=C(P(c1ccccc1)c1ccccc1)P(c1ccccc1)c1ccccc1. The Kier molecular flexibility index (Phi) is 6.51. The molecule has 140 valence electrons. The molecule has 0 nitrogen and oxygen atoms in total. The highest BCUT2D eigenvalue weighted by Gasteiger charge is 2.27. The molecule has 0 aliphatic rings. The van der Waals surface area contributed by atoms with Gasteiger partial charge in [-0.2, -0.15) is 0 Å². The van der Waals surface area contributed by atoms with Crippen LogP contribution in [0.3, 0.4) is 0 Å². The van der Waals surface area contributed by atoms with Crippen LogP contribution in [0.25, 0.3) is 0 Å². The maximum atomic E-state index is 4.18. The van der Waals surface area contributed by atoms with Crippen molar-refractivity contribution in [2.45, 2.75) is 0 Å². The average Bonchev–Trinajstić information content (AvgIpc) is 2.81. The molecule has 29 heavy (non-hydrogen) atoms. The molecule has 4 rings (SSSR count). The fraction of sp³-hybridized carbons (Fsp3) is 0. The first-order valence-electron chi connectivity index (χ1n) is 9.59. The molecule has 0 atom stereocenters. The maximum Gasteiger partial charge on any atom is 0.0356 e. The van der Waals surface area contributed by atoms with Gasteiger partial charge in [0.2, 0.25) is 0 Å². The highest BCUT2D eigenvalue weighted by molar-refractivity contribution is 7.94. The van der Waals surface area contributed by atoms with Crippen molar-refractivity contribution in [3.05, 3.63) is 139 Å². The zero-order chi connectivity index (χ0) is 19.9. The third-order valence-corrected chi connectivity index (χ3v) is 10.3. The first kappa shape index (κ1) is 19.6. The summed E-state index contributed by atoms with van der Waals surface area (Å²) in [7, 11) is -1.46. The van der Waals surface area contributed by atoms with E-state index in [9.17, 15) is 0 Å². The smallest absolute Gasteiger partial charge is 0.0356 e. The molecule has 0 fully saturated rings. The second kappa shape index (κ2) is 9.65. The van der Waals surface area contributed by atoms with Gasteiger partial charge in [-0.15, -0.1) is 5.73 Å². The Morgan fingerprint density at radius 3 is 0.897 bits per heavy atom. The zero-order valence-electron chi connectivity index (χ0n) is 16.1. The molecule has 0 unspecified atom stereocenters. The van der Waals surface area contributed by atoms with Crippen molar-refractivity contribution in [1.82, 2.24) is 0 Å². The molecule has 0 N–H and O–H groups in total. The van der Waals surface area contributed by atoms with Gasteiger partial charge in [-0.25, -0.2) is 0 Å². The average molecular weight is 408 g/mol. The Hall–Kier alpha value is -2.74. The van der Waals surface area contributed by atoms with E-state index in [0.29, 0.717) is 0 Å². The van der Waals surface area contributed by atoms with Gasteiger partial charge in [0, 0.05) is 5.06 Å². The summed E-state index contributed by atoms with van der Waals surface area (Å²) < 4.78 is 0. The third kappa shape index (κ3) is 4.48. The van der Waals surface area contributed by atoms with Gasteiger partial charge in [0.05, 0.1) is 0 Å². The monoisotopic (exact) mass is 408 g/mol. The van der Waals surface area contributed by atoms with Crippen LogP contribution >= 0.6 is 15.8 Å². The van der Waals surface area contributed by atoms with E-state index in [2.05, 4.69) is 134 Å². The lowest BCUT2D eigenvalue weighted by Gasteiger charge is -2.28. The van der Waals surface area contributed by atoms with Gasteiger partial charge < -0.3 is 0 Å². The molecule has 0 heterocycles. The fourth-order valence-corrected chi connectivity index (χ4v) is 9.31. The first-order valence-corrected chi connectivity index (χ1v) is 12.3. The summed E-state index contributed by atoms with van der Waals surface area (Å²) in [5, 5.41) is 6.63. The van der Waals surface area contributed by atoms with E-state index >= 15 is 0 Å². The van der Waals surface area contributed by atoms with Crippen molar-refractivity contribution < 1.29 is 0 Å². The molecular weight excluding hydrogens is 386 g/mol. The lowest BCUT2D eigenvalue weighted by atomic mass is 10.4. The lowest BCUT2D eigenvalue weighted by Crippen LogP contribution is -2.18. The topological polar surface area (TPSA) is 0 Å². The fourth-order valence-electron chi connectivity index (χ4n) is 3.35. The van der Waals surface area contributed by atoms with Crippen molar-refractivity contribution in [2.75, 3.05) is 0 Å². The lowest BCUT2D eigenvalue weighted by molar-refractivity contribution is 1.74. The van der Waals surface area contributed by atoms with Crippen molar-refractivity contribution in [3.8, 4) is 0 Å². The number of hydrogen-bond acceptors (Lipinski definition) is 0. The summed E-state index contributed by atoms with van der Waals surface area (Å²) >= 11 is 0. The van der Waals surface area contributed by atoms with Gasteiger partial charge in [-0.05, 0) is 37.1 Å². The van der Waals surface area contributed by atoms with E-state index in [1.165, 1.54) is 26.3 Å². The van der Waals surface area contributed by atoms with Crippen molar-refractivity contribution in [1.29, 1.82) is 0 Å². The molecule has 0 aliphatic carbocycles. The summed E-state index contributed by atoms with van der Waals surface area (Å²) in [4.78, 5) is 0. The maximum absolute atomic E-state index is 4.18. The van der Waals surface area contributed by atoms with Gasteiger partial charge >= 0.3 is 0 Å². The summed E-state index contributed by atoms with van der Waals surface area (Å²) in [6.07, 6.45) is 0. The van der Waals surface area contributed by atoms with Crippen LogP contribution in [-0.4, -0.2) is 0 Å². The molecular formula is C27H22P2. The van der Waals surface area contributed by atoms with Crippen LogP contribution in [0.1, 0.15) is 0 Å². The minimum Gasteiger partial charge on any atom is -0.118 e. The second-order valence-corrected chi connectivity index (χ2v) is 11.2. The van der Waals surface area contributed by atoms with Gasteiger partial charge in [0.15, 0.2) is 0 Å². The molecule has 0 amide bonds. The van der Waals surface area contributed by atoms with Crippen LogP contribution in [0.15, 0.2) is 139 Å². The highest BCUT2D eigenvalue weighted by Crippen LogP contribution is 2.59. The van der Waals surface area contributed by atoms with Gasteiger partial charge in [-0.3, -0.25) is 0 Å². The summed E-state index contributed by atoms with van der Waals surface area (Å²) in [5.74, 6) is 0. The Labute approximate surface area is 175 Å². The van der Waals surface area contributed by atoms with E-state index in [-0.39, 0.29) is 0 Å². The molecule has 0 radical (unpaired) electrons. The van der Waals surface area contributed by atoms with Crippen LogP contribution in [0.2, 0.25) is 0 Å². The van der Waals surface area contributed by atoms with Crippen molar-refractivity contribution in [2.24, 2.45) is 0 Å². The number of rotatable bonds is 6. The molecule has 2 heteroatoms. The number of benzene rings is 4. The Balaban J connectivity index is 1.92. The van der Waals surface area contributed by atoms with Gasteiger partial charge in [-0.1, -0.05) is 128 Å². The summed E-state index contributed by atoms with van der Waals surface area (Å²) in [6.45, 7) is 4.18. The van der Waals surface area contributed by atoms with Crippen molar-refractivity contribution in [3.63, 3.8) is 0 Å². The normalized spacial score (nSPS) is 10.7. The van der Waals surface area contributed by atoms with E-state index in [1.54, 1.807) is 0 Å². The molecule has 0 saturated carbocycles. The Bertz CT molecular complexity index is 920. The standard InChI is InChI=1S/C27H22P2/c1-2-27(28(23-15-7-3-8-16-23)24-17-9-4-10-18-24)29(25-19-11-5-12-20-25)26-21-13-6-14-22-26/h3-22H,1H2. The second-order valence-electron chi connectivity index (χ2n) is 6.51. The van der Waals surface area contributed by atoms with E-state index < -0.39 is 15.8 Å². The van der Waals surface area contributed by atoms with Crippen LogP contribution in [0.5, 0.6) is 0 Å². The third-order valence-electron chi connectivity index (χ3n) is 4.64.